The third-order valence-electron chi connectivity index (χ3n) is 3.30. The molecule has 0 amide bonds. The molecular weight excluding hydrogens is 250 g/mol. The fraction of sp³-hybridized carbons (Fsp3) is 0.882. The largest absolute Gasteiger partial charge is 0.333 e. The molecule has 0 aromatic carbocycles. The van der Waals surface area contributed by atoms with Gasteiger partial charge in [-0.25, -0.2) is 0 Å². The molecular formula is C17H37NS. The van der Waals surface area contributed by atoms with Gasteiger partial charge in [-0.15, -0.1) is 6.58 Å². The highest BCUT2D eigenvalue weighted by molar-refractivity contribution is 7.99. The third-order valence-corrected chi connectivity index (χ3v) is 4.68. The Morgan fingerprint density at radius 1 is 1.00 bits per heavy atom. The molecule has 0 radical (unpaired) electrons. The molecule has 116 valence electrons. The van der Waals surface area contributed by atoms with Gasteiger partial charge in [0.2, 0.25) is 0 Å². The lowest BCUT2D eigenvalue weighted by molar-refractivity contribution is 0.593. The summed E-state index contributed by atoms with van der Waals surface area (Å²) in [5.74, 6) is 3.64. The molecule has 2 heteroatoms. The van der Waals surface area contributed by atoms with Crippen LogP contribution in [-0.4, -0.2) is 18.6 Å². The van der Waals surface area contributed by atoms with E-state index in [1.807, 2.05) is 6.08 Å². The zero-order chi connectivity index (χ0) is 14.8. The molecule has 0 aliphatic rings. The van der Waals surface area contributed by atoms with E-state index in [0.29, 0.717) is 0 Å². The summed E-state index contributed by atoms with van der Waals surface area (Å²) in [6, 6.07) is 0. The second-order valence-corrected chi connectivity index (χ2v) is 6.29. The highest BCUT2D eigenvalue weighted by atomic mass is 32.2. The Morgan fingerprint density at radius 3 is 2.05 bits per heavy atom. The number of thioether (sulfide) groups is 1. The van der Waals surface area contributed by atoms with Crippen LogP contribution >= 0.6 is 11.8 Å². The first-order valence-corrected chi connectivity index (χ1v) is 9.23. The van der Waals surface area contributed by atoms with Gasteiger partial charge in [0.05, 0.1) is 0 Å². The average molecular weight is 288 g/mol. The quantitative estimate of drug-likeness (QED) is 0.350. The minimum absolute atomic E-state index is 0.907. The van der Waals surface area contributed by atoms with Crippen LogP contribution in [0.1, 0.15) is 71.6 Å². The van der Waals surface area contributed by atoms with E-state index in [9.17, 15) is 0 Å². The van der Waals surface area contributed by atoms with E-state index in [1.54, 1.807) is 0 Å². The molecule has 0 aliphatic carbocycles. The standard InChI is InChI=1S/C16H32S.CH5N/c1-4-6-7-8-9-10-11-12-13-14-17-15-16(3)5-2;1-2/h4,16H,1,5-15H2,2-3H3;2H2,1H3. The molecule has 0 rings (SSSR count). The predicted molar refractivity (Wildman–Crippen MR) is 94.0 cm³/mol. The maximum absolute atomic E-state index is 4.50. The van der Waals surface area contributed by atoms with Gasteiger partial charge in [0.1, 0.15) is 0 Å². The van der Waals surface area contributed by atoms with Gasteiger partial charge < -0.3 is 5.73 Å². The fourth-order valence-electron chi connectivity index (χ4n) is 1.78. The normalized spacial score (nSPS) is 11.6. The second-order valence-electron chi connectivity index (χ2n) is 5.14. The van der Waals surface area contributed by atoms with Crippen molar-refractivity contribution in [3.05, 3.63) is 12.7 Å². The van der Waals surface area contributed by atoms with Crippen molar-refractivity contribution in [1.82, 2.24) is 0 Å². The minimum atomic E-state index is 0.907. The van der Waals surface area contributed by atoms with Gasteiger partial charge in [-0.05, 0) is 43.7 Å². The van der Waals surface area contributed by atoms with Gasteiger partial charge in [0.15, 0.2) is 0 Å². The molecule has 0 aromatic rings. The number of hydrogen-bond acceptors (Lipinski definition) is 2. The predicted octanol–water partition coefficient (Wildman–Crippen LogP) is 5.65. The summed E-state index contributed by atoms with van der Waals surface area (Å²) in [6.07, 6.45) is 14.5. The van der Waals surface area contributed by atoms with E-state index in [4.69, 9.17) is 0 Å². The van der Waals surface area contributed by atoms with Gasteiger partial charge in [-0.2, -0.15) is 11.8 Å². The summed E-state index contributed by atoms with van der Waals surface area (Å²) in [6.45, 7) is 8.40. The highest BCUT2D eigenvalue weighted by Crippen LogP contribution is 2.14. The Balaban J connectivity index is 0. The maximum Gasteiger partial charge on any atom is -0.00419 e. The van der Waals surface area contributed by atoms with Crippen molar-refractivity contribution in [2.45, 2.75) is 71.6 Å². The zero-order valence-electron chi connectivity index (χ0n) is 13.6. The van der Waals surface area contributed by atoms with Crippen LogP contribution in [0.3, 0.4) is 0 Å². The Hall–Kier alpha value is 0.0500. The lowest BCUT2D eigenvalue weighted by Crippen LogP contribution is -1.96. The molecule has 1 unspecified atom stereocenters. The molecule has 0 bridgehead atoms. The smallest absolute Gasteiger partial charge is 0.00419 e. The van der Waals surface area contributed by atoms with Crippen molar-refractivity contribution in [2.24, 2.45) is 11.7 Å². The lowest BCUT2D eigenvalue weighted by Gasteiger charge is -2.07. The Bertz CT molecular complexity index is 159. The molecule has 0 fully saturated rings. The number of hydrogen-bond donors (Lipinski definition) is 1. The number of nitrogens with two attached hydrogens (primary N) is 1. The third kappa shape index (κ3) is 20.5. The van der Waals surface area contributed by atoms with Crippen LogP contribution in [0.4, 0.5) is 0 Å². The van der Waals surface area contributed by atoms with E-state index < -0.39 is 0 Å². The number of unbranched alkanes of at least 4 members (excludes halogenated alkanes) is 7. The zero-order valence-corrected chi connectivity index (χ0v) is 14.4. The van der Waals surface area contributed by atoms with Crippen LogP contribution in [0.25, 0.3) is 0 Å². The molecule has 19 heavy (non-hydrogen) atoms. The SMILES string of the molecule is C=CCCCCCCCCCSCC(C)CC.CN. The van der Waals surface area contributed by atoms with E-state index in [1.165, 1.54) is 76.3 Å². The van der Waals surface area contributed by atoms with Crippen molar-refractivity contribution in [2.75, 3.05) is 18.6 Å². The summed E-state index contributed by atoms with van der Waals surface area (Å²) in [5.41, 5.74) is 4.50. The van der Waals surface area contributed by atoms with Gasteiger partial charge in [0.25, 0.3) is 0 Å². The summed E-state index contributed by atoms with van der Waals surface area (Å²) in [7, 11) is 1.50. The van der Waals surface area contributed by atoms with Crippen molar-refractivity contribution >= 4 is 11.8 Å². The summed E-state index contributed by atoms with van der Waals surface area (Å²) in [5, 5.41) is 0. The first-order valence-electron chi connectivity index (χ1n) is 8.07. The Labute approximate surface area is 126 Å². The van der Waals surface area contributed by atoms with Crippen LogP contribution in [0, 0.1) is 5.92 Å². The topological polar surface area (TPSA) is 26.0 Å². The minimum Gasteiger partial charge on any atom is -0.333 e. The van der Waals surface area contributed by atoms with Gasteiger partial charge >= 0.3 is 0 Å². The average Bonchev–Trinajstić information content (AvgIpc) is 2.46. The highest BCUT2D eigenvalue weighted by Gasteiger charge is 1.98. The van der Waals surface area contributed by atoms with Crippen molar-refractivity contribution in [1.29, 1.82) is 0 Å². The lowest BCUT2D eigenvalue weighted by atomic mass is 10.1. The molecule has 0 aromatic heterocycles. The van der Waals surface area contributed by atoms with Crippen LogP contribution in [-0.2, 0) is 0 Å². The summed E-state index contributed by atoms with van der Waals surface area (Å²) in [4.78, 5) is 0. The van der Waals surface area contributed by atoms with Gasteiger partial charge in [-0.3, -0.25) is 0 Å². The second kappa shape index (κ2) is 20.4. The first kappa shape index (κ1) is 21.4. The van der Waals surface area contributed by atoms with Gasteiger partial charge in [-0.1, -0.05) is 58.4 Å². The maximum atomic E-state index is 4.50. The number of rotatable bonds is 13. The molecule has 0 saturated heterocycles. The van der Waals surface area contributed by atoms with Crippen molar-refractivity contribution < 1.29 is 0 Å². The molecule has 1 nitrogen and oxygen atoms in total. The monoisotopic (exact) mass is 287 g/mol. The van der Waals surface area contributed by atoms with Crippen molar-refractivity contribution in [3.63, 3.8) is 0 Å². The van der Waals surface area contributed by atoms with Gasteiger partial charge in [0, 0.05) is 0 Å². The fourth-order valence-corrected chi connectivity index (χ4v) is 2.99. The molecule has 0 spiro atoms. The van der Waals surface area contributed by atoms with Crippen LogP contribution in [0.15, 0.2) is 12.7 Å². The van der Waals surface area contributed by atoms with Crippen LogP contribution in [0.2, 0.25) is 0 Å². The van der Waals surface area contributed by atoms with E-state index in [0.717, 1.165) is 5.92 Å². The van der Waals surface area contributed by atoms with E-state index in [2.05, 4.69) is 37.9 Å². The molecule has 0 saturated carbocycles. The van der Waals surface area contributed by atoms with Crippen molar-refractivity contribution in [3.8, 4) is 0 Å². The molecule has 0 heterocycles. The van der Waals surface area contributed by atoms with Crippen LogP contribution < -0.4 is 5.73 Å². The summed E-state index contributed by atoms with van der Waals surface area (Å²) < 4.78 is 0. The Kier molecular flexibility index (Phi) is 22.9. The number of allylic oxidation sites excluding steroid dienone is 1. The van der Waals surface area contributed by atoms with E-state index in [-0.39, 0.29) is 0 Å². The molecule has 0 aliphatic heterocycles. The summed E-state index contributed by atoms with van der Waals surface area (Å²) >= 11 is 2.15. The first-order chi connectivity index (χ1) is 9.31. The Morgan fingerprint density at radius 2 is 1.53 bits per heavy atom. The van der Waals surface area contributed by atoms with E-state index >= 15 is 0 Å². The van der Waals surface area contributed by atoms with Crippen LogP contribution in [0.5, 0.6) is 0 Å². The molecule has 1 atom stereocenters. The molecule has 2 N–H and O–H groups in total.